The molecule has 146 valence electrons. The summed E-state index contributed by atoms with van der Waals surface area (Å²) >= 11 is 0. The topological polar surface area (TPSA) is 48.4 Å². The second-order valence-corrected chi connectivity index (χ2v) is 7.59. The third-order valence-corrected chi connectivity index (χ3v) is 5.04. The van der Waals surface area contributed by atoms with Gasteiger partial charge in [0.25, 0.3) is 0 Å². The SMILES string of the molecule is COC(=O)c1ccc(-c2cc(OC)c3cc(C(C)C)c(C(C)C)cc3n2)cc1. The van der Waals surface area contributed by atoms with Crippen LogP contribution in [0.5, 0.6) is 5.75 Å². The van der Waals surface area contributed by atoms with Gasteiger partial charge in [-0.05, 0) is 47.2 Å². The van der Waals surface area contributed by atoms with Crippen LogP contribution in [0.4, 0.5) is 0 Å². The van der Waals surface area contributed by atoms with E-state index in [0.29, 0.717) is 17.4 Å². The number of methoxy groups -OCH3 is 2. The zero-order chi connectivity index (χ0) is 20.4. The number of pyridine rings is 1. The Balaban J connectivity index is 2.17. The largest absolute Gasteiger partial charge is 0.496 e. The summed E-state index contributed by atoms with van der Waals surface area (Å²) in [5.41, 5.74) is 5.81. The maximum absolute atomic E-state index is 11.7. The molecule has 0 amide bonds. The minimum atomic E-state index is -0.349. The van der Waals surface area contributed by atoms with Crippen LogP contribution < -0.4 is 4.74 Å². The van der Waals surface area contributed by atoms with Crippen LogP contribution in [0, 0.1) is 0 Å². The molecular weight excluding hydrogens is 350 g/mol. The van der Waals surface area contributed by atoms with Crippen LogP contribution in [0.25, 0.3) is 22.2 Å². The van der Waals surface area contributed by atoms with E-state index in [1.807, 2.05) is 18.2 Å². The zero-order valence-electron chi connectivity index (χ0n) is 17.4. The summed E-state index contributed by atoms with van der Waals surface area (Å²) in [4.78, 5) is 16.6. The third kappa shape index (κ3) is 3.72. The van der Waals surface area contributed by atoms with Crippen molar-refractivity contribution >= 4 is 16.9 Å². The van der Waals surface area contributed by atoms with Crippen LogP contribution in [-0.4, -0.2) is 25.2 Å². The fraction of sp³-hybridized carbons (Fsp3) is 0.333. The molecule has 0 aliphatic carbocycles. The van der Waals surface area contributed by atoms with Crippen LogP contribution in [0.15, 0.2) is 42.5 Å². The molecule has 0 N–H and O–H groups in total. The van der Waals surface area contributed by atoms with Gasteiger partial charge < -0.3 is 9.47 Å². The van der Waals surface area contributed by atoms with Crippen LogP contribution in [0.1, 0.15) is 61.0 Å². The number of esters is 1. The Kier molecular flexibility index (Phi) is 5.68. The highest BCUT2D eigenvalue weighted by molar-refractivity contribution is 5.91. The molecule has 28 heavy (non-hydrogen) atoms. The molecule has 0 saturated carbocycles. The monoisotopic (exact) mass is 377 g/mol. The summed E-state index contributed by atoms with van der Waals surface area (Å²) < 4.78 is 10.5. The maximum atomic E-state index is 11.7. The first-order valence-electron chi connectivity index (χ1n) is 9.57. The molecule has 0 bridgehead atoms. The molecule has 3 aromatic rings. The van der Waals surface area contributed by atoms with E-state index >= 15 is 0 Å². The first kappa shape index (κ1) is 19.9. The van der Waals surface area contributed by atoms with Gasteiger partial charge in [0.15, 0.2) is 0 Å². The molecule has 0 radical (unpaired) electrons. The Bertz CT molecular complexity index is 1000. The lowest BCUT2D eigenvalue weighted by Gasteiger charge is -2.18. The summed E-state index contributed by atoms with van der Waals surface area (Å²) in [6.07, 6.45) is 0. The van der Waals surface area contributed by atoms with Crippen molar-refractivity contribution in [2.45, 2.75) is 39.5 Å². The molecule has 0 spiro atoms. The number of hydrogen-bond acceptors (Lipinski definition) is 4. The minimum absolute atomic E-state index is 0.349. The predicted molar refractivity (Wildman–Crippen MR) is 113 cm³/mol. The lowest BCUT2D eigenvalue weighted by atomic mass is 9.89. The summed E-state index contributed by atoms with van der Waals surface area (Å²) in [6, 6.07) is 13.6. The number of carbonyl (C=O) groups is 1. The van der Waals surface area contributed by atoms with Crippen molar-refractivity contribution in [3.05, 3.63) is 59.2 Å². The quantitative estimate of drug-likeness (QED) is 0.516. The van der Waals surface area contributed by atoms with Crippen LogP contribution in [-0.2, 0) is 4.74 Å². The molecule has 0 unspecified atom stereocenters. The van der Waals surface area contributed by atoms with Crippen LogP contribution in [0.3, 0.4) is 0 Å². The van der Waals surface area contributed by atoms with Gasteiger partial charge in [0.1, 0.15) is 5.75 Å². The van der Waals surface area contributed by atoms with E-state index in [0.717, 1.165) is 27.9 Å². The van der Waals surface area contributed by atoms with Gasteiger partial charge in [-0.25, -0.2) is 9.78 Å². The highest BCUT2D eigenvalue weighted by Crippen LogP contribution is 2.36. The second-order valence-electron chi connectivity index (χ2n) is 7.59. The summed E-state index contributed by atoms with van der Waals surface area (Å²) in [7, 11) is 3.06. The molecule has 1 aromatic heterocycles. The number of hydrogen-bond donors (Lipinski definition) is 0. The standard InChI is InChI=1S/C24H27NO3/c1-14(2)18-11-20-22(12-19(18)15(3)4)25-21(13-23(20)27-5)16-7-9-17(10-8-16)24(26)28-6/h7-15H,1-6H3. The molecule has 1 heterocycles. The lowest BCUT2D eigenvalue weighted by molar-refractivity contribution is 0.0601. The zero-order valence-corrected chi connectivity index (χ0v) is 17.4. The molecule has 4 nitrogen and oxygen atoms in total. The van der Waals surface area contributed by atoms with Crippen molar-refractivity contribution in [1.82, 2.24) is 4.98 Å². The van der Waals surface area contributed by atoms with Crippen molar-refractivity contribution in [1.29, 1.82) is 0 Å². The van der Waals surface area contributed by atoms with Gasteiger partial charge in [-0.2, -0.15) is 0 Å². The maximum Gasteiger partial charge on any atom is 0.337 e. The van der Waals surface area contributed by atoms with Gasteiger partial charge in [0.2, 0.25) is 0 Å². The Morgan fingerprint density at radius 3 is 2.04 bits per heavy atom. The Morgan fingerprint density at radius 2 is 1.50 bits per heavy atom. The minimum Gasteiger partial charge on any atom is -0.496 e. The average Bonchev–Trinajstić information content (AvgIpc) is 2.71. The van der Waals surface area contributed by atoms with Crippen LogP contribution >= 0.6 is 0 Å². The summed E-state index contributed by atoms with van der Waals surface area (Å²) in [5.74, 6) is 1.29. The van der Waals surface area contributed by atoms with Gasteiger partial charge in [0.05, 0.1) is 31.0 Å². The number of fused-ring (bicyclic) bond motifs is 1. The van der Waals surface area contributed by atoms with Crippen LogP contribution in [0.2, 0.25) is 0 Å². The Morgan fingerprint density at radius 1 is 0.893 bits per heavy atom. The van der Waals surface area contributed by atoms with E-state index in [1.165, 1.54) is 18.2 Å². The molecule has 4 heteroatoms. The Labute approximate surface area is 166 Å². The van der Waals surface area contributed by atoms with E-state index in [4.69, 9.17) is 14.5 Å². The fourth-order valence-electron chi connectivity index (χ4n) is 3.49. The second kappa shape index (κ2) is 8.01. The number of benzene rings is 2. The summed E-state index contributed by atoms with van der Waals surface area (Å²) in [5, 5.41) is 1.02. The van der Waals surface area contributed by atoms with Crippen molar-refractivity contribution in [3.63, 3.8) is 0 Å². The average molecular weight is 377 g/mol. The first-order chi connectivity index (χ1) is 13.3. The highest BCUT2D eigenvalue weighted by Gasteiger charge is 2.16. The third-order valence-electron chi connectivity index (χ3n) is 5.04. The van der Waals surface area contributed by atoms with Gasteiger partial charge in [0, 0.05) is 17.0 Å². The van der Waals surface area contributed by atoms with E-state index < -0.39 is 0 Å². The number of aromatic nitrogens is 1. The normalized spacial score (nSPS) is 11.3. The van der Waals surface area contributed by atoms with Gasteiger partial charge in [-0.15, -0.1) is 0 Å². The van der Waals surface area contributed by atoms with Crippen molar-refractivity contribution in [2.75, 3.05) is 14.2 Å². The summed E-state index contributed by atoms with van der Waals surface area (Å²) in [6.45, 7) is 8.84. The van der Waals surface area contributed by atoms with Crippen molar-refractivity contribution in [2.24, 2.45) is 0 Å². The van der Waals surface area contributed by atoms with Gasteiger partial charge in [-0.1, -0.05) is 39.8 Å². The van der Waals surface area contributed by atoms with E-state index in [9.17, 15) is 4.79 Å². The Hall–Kier alpha value is -2.88. The molecule has 0 saturated heterocycles. The van der Waals surface area contributed by atoms with E-state index in [-0.39, 0.29) is 5.97 Å². The van der Waals surface area contributed by atoms with E-state index in [2.05, 4.69) is 39.8 Å². The van der Waals surface area contributed by atoms with E-state index in [1.54, 1.807) is 19.2 Å². The number of rotatable bonds is 5. The first-order valence-corrected chi connectivity index (χ1v) is 9.57. The van der Waals surface area contributed by atoms with Crippen molar-refractivity contribution in [3.8, 4) is 17.0 Å². The predicted octanol–water partition coefficient (Wildman–Crippen LogP) is 5.94. The molecule has 0 atom stereocenters. The number of ether oxygens (including phenoxy) is 2. The molecule has 2 aromatic carbocycles. The number of carbonyl (C=O) groups excluding carboxylic acids is 1. The van der Waals surface area contributed by atoms with Gasteiger partial charge in [-0.3, -0.25) is 0 Å². The highest BCUT2D eigenvalue weighted by atomic mass is 16.5. The van der Waals surface area contributed by atoms with Gasteiger partial charge >= 0.3 is 5.97 Å². The molecule has 0 aliphatic rings. The molecule has 3 rings (SSSR count). The lowest BCUT2D eigenvalue weighted by Crippen LogP contribution is -2.01. The molecule has 0 fully saturated rings. The number of nitrogens with zero attached hydrogens (tertiary/aromatic N) is 1. The molecular formula is C24H27NO3. The van der Waals surface area contributed by atoms with Crippen molar-refractivity contribution < 1.29 is 14.3 Å². The fourth-order valence-corrected chi connectivity index (χ4v) is 3.49. The smallest absolute Gasteiger partial charge is 0.337 e. The molecule has 0 aliphatic heterocycles.